The summed E-state index contributed by atoms with van der Waals surface area (Å²) in [7, 11) is 0. The second-order valence-electron chi connectivity index (χ2n) is 9.12. The van der Waals surface area contributed by atoms with Crippen molar-refractivity contribution >= 4 is 17.5 Å². The number of alkyl halides is 2. The molecule has 0 spiro atoms. The molecule has 200 valence electrons. The van der Waals surface area contributed by atoms with E-state index < -0.39 is 42.4 Å². The van der Waals surface area contributed by atoms with E-state index in [2.05, 4.69) is 37.2 Å². The molecule has 3 aromatic heterocycles. The van der Waals surface area contributed by atoms with E-state index in [1.807, 2.05) is 6.92 Å². The lowest BCUT2D eigenvalue weighted by atomic mass is 9.95. The van der Waals surface area contributed by atoms with E-state index in [1.165, 1.54) is 18.2 Å². The molecule has 0 aliphatic carbocycles. The fourth-order valence-corrected chi connectivity index (χ4v) is 4.33. The van der Waals surface area contributed by atoms with Gasteiger partial charge in [0.25, 0.3) is 11.8 Å². The predicted octanol–water partition coefficient (Wildman–Crippen LogP) is 4.36. The first kappa shape index (κ1) is 25.8. The Kier molecular flexibility index (Phi) is 6.73. The van der Waals surface area contributed by atoms with Gasteiger partial charge < -0.3 is 14.7 Å². The predicted molar refractivity (Wildman–Crippen MR) is 133 cm³/mol. The van der Waals surface area contributed by atoms with Crippen molar-refractivity contribution in [1.82, 2.24) is 30.2 Å². The van der Waals surface area contributed by atoms with Gasteiger partial charge in [0.1, 0.15) is 11.5 Å². The zero-order chi connectivity index (χ0) is 27.7. The molecule has 1 saturated heterocycles. The summed E-state index contributed by atoms with van der Waals surface area (Å²) in [5.74, 6) is -6.20. The standard InChI is InChI=1S/C26H22F3N7O3/c1-3-21(37)36-12-16(10-26(28,29)13-36)25-33-23(35-39-25)15-7-8-18(17(27)9-15)32-24(38)20-6-4-5-19(31-20)22-14(2)11-30-34-22/h3-9,11,16H,1,10,12-13H2,2H3,(H,30,34)(H,32,38). The number of aromatic nitrogens is 5. The van der Waals surface area contributed by atoms with E-state index in [0.717, 1.165) is 22.6 Å². The number of nitrogens with zero attached hydrogens (tertiary/aromatic N) is 5. The highest BCUT2D eigenvalue weighted by molar-refractivity contribution is 6.03. The number of H-pyrrole nitrogens is 1. The molecular weight excluding hydrogens is 515 g/mol. The molecule has 1 aromatic carbocycles. The minimum Gasteiger partial charge on any atom is -0.339 e. The Morgan fingerprint density at radius 3 is 2.79 bits per heavy atom. The lowest BCUT2D eigenvalue weighted by Gasteiger charge is -2.35. The Balaban J connectivity index is 1.31. The van der Waals surface area contributed by atoms with Gasteiger partial charge in [0.2, 0.25) is 17.6 Å². The van der Waals surface area contributed by atoms with E-state index in [9.17, 15) is 22.8 Å². The average molecular weight is 538 g/mol. The van der Waals surface area contributed by atoms with Crippen molar-refractivity contribution in [2.45, 2.75) is 25.2 Å². The maximum absolute atomic E-state index is 14.9. The van der Waals surface area contributed by atoms with E-state index in [-0.39, 0.29) is 35.2 Å². The number of likely N-dealkylation sites (tertiary alicyclic amines) is 1. The monoisotopic (exact) mass is 537 g/mol. The number of carbonyl (C=O) groups excluding carboxylic acids is 2. The summed E-state index contributed by atoms with van der Waals surface area (Å²) in [6.45, 7) is 4.41. The summed E-state index contributed by atoms with van der Waals surface area (Å²) in [6.07, 6.45) is 2.02. The number of rotatable bonds is 6. The van der Waals surface area contributed by atoms with Crippen molar-refractivity contribution in [2.75, 3.05) is 18.4 Å². The average Bonchev–Trinajstić information content (AvgIpc) is 3.58. The highest BCUT2D eigenvalue weighted by Gasteiger charge is 2.44. The molecule has 39 heavy (non-hydrogen) atoms. The van der Waals surface area contributed by atoms with Crippen LogP contribution in [-0.2, 0) is 4.79 Å². The third kappa shape index (κ3) is 5.42. The topological polar surface area (TPSA) is 130 Å². The molecule has 13 heteroatoms. The van der Waals surface area contributed by atoms with Crippen LogP contribution < -0.4 is 5.32 Å². The molecule has 5 rings (SSSR count). The Morgan fingerprint density at radius 1 is 1.26 bits per heavy atom. The van der Waals surface area contributed by atoms with Crippen LogP contribution in [0.4, 0.5) is 18.9 Å². The van der Waals surface area contributed by atoms with Crippen molar-refractivity contribution in [3.63, 3.8) is 0 Å². The largest absolute Gasteiger partial charge is 0.339 e. The van der Waals surface area contributed by atoms with E-state index in [0.29, 0.717) is 11.4 Å². The summed E-state index contributed by atoms with van der Waals surface area (Å²) in [5, 5.41) is 13.0. The highest BCUT2D eigenvalue weighted by Crippen LogP contribution is 2.36. The number of carbonyl (C=O) groups is 2. The minimum absolute atomic E-state index is 0.0263. The quantitative estimate of drug-likeness (QED) is 0.350. The van der Waals surface area contributed by atoms with E-state index >= 15 is 0 Å². The molecule has 2 N–H and O–H groups in total. The fraction of sp³-hybridized carbons (Fsp3) is 0.231. The molecule has 0 radical (unpaired) electrons. The number of amides is 2. The number of anilines is 1. The molecule has 0 bridgehead atoms. The second-order valence-corrected chi connectivity index (χ2v) is 9.12. The van der Waals surface area contributed by atoms with Crippen molar-refractivity contribution in [3.05, 3.63) is 78.2 Å². The van der Waals surface area contributed by atoms with Crippen molar-refractivity contribution in [2.24, 2.45) is 0 Å². The SMILES string of the molecule is C=CC(=O)N1CC(c2nc(-c3ccc(NC(=O)c4cccc(-c5[nH]ncc5C)n4)c(F)c3)no2)CC(F)(F)C1. The van der Waals surface area contributed by atoms with Gasteiger partial charge in [-0.25, -0.2) is 18.2 Å². The van der Waals surface area contributed by atoms with Gasteiger partial charge in [0, 0.05) is 18.5 Å². The van der Waals surface area contributed by atoms with Gasteiger partial charge in [-0.05, 0) is 48.9 Å². The maximum Gasteiger partial charge on any atom is 0.274 e. The highest BCUT2D eigenvalue weighted by atomic mass is 19.3. The number of aromatic amines is 1. The van der Waals surface area contributed by atoms with Gasteiger partial charge >= 0.3 is 0 Å². The molecule has 2 amide bonds. The number of benzene rings is 1. The zero-order valence-electron chi connectivity index (χ0n) is 20.6. The van der Waals surface area contributed by atoms with E-state index in [4.69, 9.17) is 4.52 Å². The Hall–Kier alpha value is -4.81. The Labute approximate surface area is 219 Å². The van der Waals surface area contributed by atoms with Gasteiger partial charge in [-0.3, -0.25) is 14.7 Å². The van der Waals surface area contributed by atoms with Gasteiger partial charge in [-0.2, -0.15) is 10.1 Å². The van der Waals surface area contributed by atoms with Gasteiger partial charge in [-0.15, -0.1) is 0 Å². The zero-order valence-corrected chi connectivity index (χ0v) is 20.6. The number of pyridine rings is 1. The van der Waals surface area contributed by atoms with Crippen LogP contribution in [-0.4, -0.2) is 61.0 Å². The fourth-order valence-electron chi connectivity index (χ4n) is 4.33. The normalized spacial score (nSPS) is 16.6. The van der Waals surface area contributed by atoms with Crippen LogP contribution in [0.5, 0.6) is 0 Å². The molecule has 1 atom stereocenters. The van der Waals surface area contributed by atoms with Crippen LogP contribution in [0.2, 0.25) is 0 Å². The number of hydrogen-bond donors (Lipinski definition) is 2. The molecule has 4 aromatic rings. The molecule has 4 heterocycles. The first-order chi connectivity index (χ1) is 18.6. The molecule has 1 aliphatic rings. The Bertz CT molecular complexity index is 1570. The van der Waals surface area contributed by atoms with Crippen molar-refractivity contribution < 1.29 is 27.3 Å². The number of piperidine rings is 1. The number of nitrogens with one attached hydrogen (secondary N) is 2. The summed E-state index contributed by atoms with van der Waals surface area (Å²) in [6, 6.07) is 8.73. The lowest BCUT2D eigenvalue weighted by Crippen LogP contribution is -2.48. The van der Waals surface area contributed by atoms with Crippen LogP contribution in [0, 0.1) is 12.7 Å². The molecule has 1 aliphatic heterocycles. The lowest BCUT2D eigenvalue weighted by molar-refractivity contribution is -0.138. The van der Waals surface area contributed by atoms with Crippen molar-refractivity contribution in [3.8, 4) is 22.8 Å². The molecule has 1 unspecified atom stereocenters. The van der Waals surface area contributed by atoms with Crippen LogP contribution in [0.15, 0.2) is 59.8 Å². The second kappa shape index (κ2) is 10.2. The molecular formula is C26H22F3N7O3. The summed E-state index contributed by atoms with van der Waals surface area (Å²) >= 11 is 0. The maximum atomic E-state index is 14.9. The van der Waals surface area contributed by atoms with Gasteiger partial charge in [0.15, 0.2) is 0 Å². The van der Waals surface area contributed by atoms with Crippen LogP contribution >= 0.6 is 0 Å². The minimum atomic E-state index is -3.15. The number of halogens is 3. The third-order valence-corrected chi connectivity index (χ3v) is 6.23. The van der Waals surface area contributed by atoms with Gasteiger partial charge in [0.05, 0.1) is 35.7 Å². The molecule has 1 fully saturated rings. The summed E-state index contributed by atoms with van der Waals surface area (Å²) in [4.78, 5) is 34.1. The first-order valence-corrected chi connectivity index (χ1v) is 11.8. The first-order valence-electron chi connectivity index (χ1n) is 11.8. The number of aryl methyl sites for hydroxylation is 1. The molecule has 10 nitrogen and oxygen atoms in total. The molecule has 0 saturated carbocycles. The van der Waals surface area contributed by atoms with Crippen LogP contribution in [0.3, 0.4) is 0 Å². The third-order valence-electron chi connectivity index (χ3n) is 6.23. The number of hydrogen-bond acceptors (Lipinski definition) is 7. The summed E-state index contributed by atoms with van der Waals surface area (Å²) < 4.78 is 48.6. The van der Waals surface area contributed by atoms with Crippen LogP contribution in [0.1, 0.15) is 34.3 Å². The van der Waals surface area contributed by atoms with Gasteiger partial charge in [-0.1, -0.05) is 17.8 Å². The Morgan fingerprint density at radius 2 is 2.08 bits per heavy atom. The smallest absolute Gasteiger partial charge is 0.274 e. The van der Waals surface area contributed by atoms with Crippen LogP contribution in [0.25, 0.3) is 22.8 Å². The van der Waals surface area contributed by atoms with E-state index in [1.54, 1.807) is 18.3 Å². The summed E-state index contributed by atoms with van der Waals surface area (Å²) in [5.41, 5.74) is 2.19. The van der Waals surface area contributed by atoms with Crippen molar-refractivity contribution in [1.29, 1.82) is 0 Å².